The molecule has 0 bridgehead atoms. The van der Waals surface area contributed by atoms with Gasteiger partial charge in [-0.25, -0.2) is 25.4 Å². The Hall–Kier alpha value is -6.56. The molecule has 0 atom stereocenters. The molecule has 7 rings (SSSR count). The lowest BCUT2D eigenvalue weighted by atomic mass is 10.1. The Kier molecular flexibility index (Phi) is 12.6. The van der Waals surface area contributed by atoms with Gasteiger partial charge >= 0.3 is 0 Å². The Morgan fingerprint density at radius 2 is 0.567 bits per heavy atom. The maximum Gasteiger partial charge on any atom is 0.243 e. The summed E-state index contributed by atoms with van der Waals surface area (Å²) in [6, 6.07) is 62.1. The van der Waals surface area contributed by atoms with Gasteiger partial charge in [-0.3, -0.25) is 0 Å². The molecule has 0 aromatic heterocycles. The van der Waals surface area contributed by atoms with Crippen LogP contribution in [0.1, 0.15) is 22.3 Å². The van der Waals surface area contributed by atoms with Crippen molar-refractivity contribution >= 4 is 76.1 Å². The first kappa shape index (κ1) is 41.6. The number of benzene rings is 7. The smallest absolute Gasteiger partial charge is 0.243 e. The second-order valence-corrected chi connectivity index (χ2v) is 18.6. The van der Waals surface area contributed by atoms with E-state index in [1.54, 1.807) is 36.4 Å². The average Bonchev–Trinajstić information content (AvgIpc) is 3.27. The van der Waals surface area contributed by atoms with Gasteiger partial charge in [0.15, 0.2) is 0 Å². The summed E-state index contributed by atoms with van der Waals surface area (Å²) < 4.78 is 57.7. The Bertz CT molecular complexity index is 2520. The van der Waals surface area contributed by atoms with Crippen LogP contribution in [0, 0.1) is 0 Å². The van der Waals surface area contributed by atoms with Gasteiger partial charge in [-0.15, -0.1) is 0 Å². The summed E-state index contributed by atoms with van der Waals surface area (Å²) in [5, 5.41) is 0. The van der Waals surface area contributed by atoms with Crippen LogP contribution in [-0.2, 0) is 20.0 Å². The highest BCUT2D eigenvalue weighted by Gasteiger charge is 2.25. The summed E-state index contributed by atoms with van der Waals surface area (Å²) >= 11 is 0. The van der Waals surface area contributed by atoms with Crippen LogP contribution in [-0.4, -0.2) is 53.6 Å². The van der Waals surface area contributed by atoms with Crippen LogP contribution in [0.2, 0.25) is 0 Å². The number of nitrogens with zero attached hydrogens (tertiary/aromatic N) is 4. The van der Waals surface area contributed by atoms with Gasteiger partial charge in [0.05, 0.1) is 9.81 Å². The molecule has 0 saturated heterocycles. The van der Waals surface area contributed by atoms with Gasteiger partial charge in [0.25, 0.3) is 0 Å². The molecule has 0 spiro atoms. The molecular weight excluding hydrogens is 785 g/mol. The lowest BCUT2D eigenvalue weighted by Crippen LogP contribution is -2.23. The van der Waals surface area contributed by atoms with Crippen LogP contribution in [0.3, 0.4) is 0 Å². The third-order valence-corrected chi connectivity index (χ3v) is 13.7. The highest BCUT2D eigenvalue weighted by Crippen LogP contribution is 2.38. The Labute approximate surface area is 354 Å². The SMILES string of the molecule is CN(C)S(=O)(=O)C(=Cc1ccc(C=C(c2ccc(N(c3ccccc3)c3ccccc3)cc2)S(=O)(=O)N(C)C)cc1)c1ccc(N(c2ccccc2)c2ccccc2)cc1. The zero-order chi connectivity index (χ0) is 42.3. The number of sulfonamides is 2. The van der Waals surface area contributed by atoms with Gasteiger partial charge in [0, 0.05) is 62.3 Å². The highest BCUT2D eigenvalue weighted by molar-refractivity contribution is 7.99. The number of hydrogen-bond donors (Lipinski definition) is 0. The third-order valence-electron chi connectivity index (χ3n) is 9.93. The number of hydrogen-bond acceptors (Lipinski definition) is 6. The first-order valence-electron chi connectivity index (χ1n) is 19.3. The Balaban J connectivity index is 1.22. The van der Waals surface area contributed by atoms with Crippen molar-refractivity contribution in [3.05, 3.63) is 216 Å². The molecule has 10 heteroatoms. The molecule has 0 fully saturated rings. The predicted octanol–water partition coefficient (Wildman–Crippen LogP) is 11.4. The minimum absolute atomic E-state index is 0.129. The molecular formula is C50H46N4O4S2. The summed E-state index contributed by atoms with van der Waals surface area (Å²) in [6.07, 6.45) is 3.29. The summed E-state index contributed by atoms with van der Waals surface area (Å²) in [7, 11) is -1.72. The molecule has 0 radical (unpaired) electrons. The van der Waals surface area contributed by atoms with Crippen molar-refractivity contribution in [3.8, 4) is 0 Å². The summed E-state index contributed by atoms with van der Waals surface area (Å²) in [5.74, 6) is 0. The van der Waals surface area contributed by atoms with E-state index in [2.05, 4.69) is 9.80 Å². The molecule has 0 heterocycles. The predicted molar refractivity (Wildman–Crippen MR) is 250 cm³/mol. The lowest BCUT2D eigenvalue weighted by Gasteiger charge is -2.25. The third kappa shape index (κ3) is 9.17. The summed E-state index contributed by atoms with van der Waals surface area (Å²) in [5.41, 5.74) is 7.95. The first-order valence-corrected chi connectivity index (χ1v) is 22.2. The fraction of sp³-hybridized carbons (Fsp3) is 0.0800. The second kappa shape index (κ2) is 18.1. The zero-order valence-corrected chi connectivity index (χ0v) is 35.5. The number of rotatable bonds is 14. The summed E-state index contributed by atoms with van der Waals surface area (Å²) in [4.78, 5) is 4.49. The van der Waals surface area contributed by atoms with Gasteiger partial charge in [0.2, 0.25) is 20.0 Å². The monoisotopic (exact) mass is 830 g/mol. The van der Waals surface area contributed by atoms with Crippen molar-refractivity contribution in [1.82, 2.24) is 8.61 Å². The highest BCUT2D eigenvalue weighted by atomic mass is 32.2. The van der Waals surface area contributed by atoms with Crippen molar-refractivity contribution < 1.29 is 16.8 Å². The first-order chi connectivity index (χ1) is 28.9. The Morgan fingerprint density at radius 3 is 0.800 bits per heavy atom. The minimum Gasteiger partial charge on any atom is -0.311 e. The molecule has 0 amide bonds. The number of para-hydroxylation sites is 4. The van der Waals surface area contributed by atoms with E-state index in [-0.39, 0.29) is 9.81 Å². The molecule has 7 aromatic carbocycles. The number of anilines is 6. The molecule has 0 aliphatic heterocycles. The van der Waals surface area contributed by atoms with Gasteiger partial charge in [-0.05, 0) is 107 Å². The van der Waals surface area contributed by atoms with Crippen molar-refractivity contribution in [2.75, 3.05) is 38.0 Å². The maximum atomic E-state index is 13.8. The van der Waals surface area contributed by atoms with Crippen LogP contribution >= 0.6 is 0 Å². The van der Waals surface area contributed by atoms with E-state index in [9.17, 15) is 16.8 Å². The van der Waals surface area contributed by atoms with Crippen LogP contribution in [0.4, 0.5) is 34.1 Å². The molecule has 8 nitrogen and oxygen atoms in total. The fourth-order valence-electron chi connectivity index (χ4n) is 6.75. The van der Waals surface area contributed by atoms with Gasteiger partial charge in [-0.2, -0.15) is 0 Å². The van der Waals surface area contributed by atoms with Crippen molar-refractivity contribution in [2.45, 2.75) is 0 Å². The van der Waals surface area contributed by atoms with E-state index in [4.69, 9.17) is 0 Å². The lowest BCUT2D eigenvalue weighted by molar-refractivity contribution is 0.532. The fourth-order valence-corrected chi connectivity index (χ4v) is 8.97. The normalized spacial score (nSPS) is 12.4. The topological polar surface area (TPSA) is 81.2 Å². The molecule has 60 heavy (non-hydrogen) atoms. The van der Waals surface area contributed by atoms with Gasteiger partial charge in [-0.1, -0.05) is 121 Å². The van der Waals surface area contributed by atoms with Crippen molar-refractivity contribution in [3.63, 3.8) is 0 Å². The van der Waals surface area contributed by atoms with Crippen LogP contribution in [0.25, 0.3) is 22.0 Å². The van der Waals surface area contributed by atoms with Crippen molar-refractivity contribution in [1.29, 1.82) is 0 Å². The van der Waals surface area contributed by atoms with E-state index in [0.717, 1.165) is 34.1 Å². The molecule has 302 valence electrons. The standard InChI is InChI=1S/C50H46N4O4S2/c1-51(2)59(55,56)49(41-29-33-47(34-30-41)53(43-17-9-5-10-18-43)44-19-11-6-12-20-44)37-39-25-27-40(28-26-39)38-50(60(57,58)52(3)4)42-31-35-48(36-32-42)54(45-21-13-7-14-22-45)46-23-15-8-16-24-46/h5-38H,1-4H3. The average molecular weight is 831 g/mol. The molecule has 0 N–H and O–H groups in total. The van der Waals surface area contributed by atoms with E-state index in [0.29, 0.717) is 22.3 Å². The van der Waals surface area contributed by atoms with Gasteiger partial charge in [0.1, 0.15) is 0 Å². The zero-order valence-electron chi connectivity index (χ0n) is 33.9. The van der Waals surface area contributed by atoms with E-state index in [1.807, 2.05) is 170 Å². The molecule has 0 saturated carbocycles. The Morgan fingerprint density at radius 1 is 0.333 bits per heavy atom. The molecule has 0 aliphatic carbocycles. The quantitative estimate of drug-likeness (QED) is 0.102. The van der Waals surface area contributed by atoms with Crippen LogP contribution in [0.15, 0.2) is 194 Å². The van der Waals surface area contributed by atoms with Crippen LogP contribution < -0.4 is 9.80 Å². The van der Waals surface area contributed by atoms with E-state index < -0.39 is 20.0 Å². The van der Waals surface area contributed by atoms with E-state index >= 15 is 0 Å². The molecule has 7 aromatic rings. The summed E-state index contributed by atoms with van der Waals surface area (Å²) in [6.45, 7) is 0. The molecule has 0 aliphatic rings. The second-order valence-electron chi connectivity index (χ2n) is 14.4. The maximum absolute atomic E-state index is 13.8. The van der Waals surface area contributed by atoms with Crippen LogP contribution in [0.5, 0.6) is 0 Å². The van der Waals surface area contributed by atoms with Gasteiger partial charge < -0.3 is 9.80 Å². The minimum atomic E-state index is -3.89. The molecule has 0 unspecified atom stereocenters. The van der Waals surface area contributed by atoms with E-state index in [1.165, 1.54) is 36.8 Å². The largest absolute Gasteiger partial charge is 0.311 e. The van der Waals surface area contributed by atoms with Crippen molar-refractivity contribution in [2.24, 2.45) is 0 Å².